The highest BCUT2D eigenvalue weighted by molar-refractivity contribution is 5.84. The van der Waals surface area contributed by atoms with Gasteiger partial charge >= 0.3 is 0 Å². The third-order valence-corrected chi connectivity index (χ3v) is 3.51. The molecule has 0 aliphatic heterocycles. The lowest BCUT2D eigenvalue weighted by Crippen LogP contribution is -2.18. The van der Waals surface area contributed by atoms with E-state index < -0.39 is 0 Å². The summed E-state index contributed by atoms with van der Waals surface area (Å²) in [5, 5.41) is 1.17. The van der Waals surface area contributed by atoms with Gasteiger partial charge in [-0.05, 0) is 23.3 Å². The van der Waals surface area contributed by atoms with E-state index in [1.165, 1.54) is 16.6 Å². The van der Waals surface area contributed by atoms with Crippen LogP contribution in [0, 0.1) is 0 Å². The second-order valence-electron chi connectivity index (χ2n) is 6.98. The molecular weight excluding hydrogens is 234 g/mol. The second kappa shape index (κ2) is 4.66. The van der Waals surface area contributed by atoms with Crippen molar-refractivity contribution in [2.75, 3.05) is 0 Å². The molecule has 0 aliphatic carbocycles. The van der Waals surface area contributed by atoms with E-state index in [1.54, 1.807) is 6.26 Å². The average molecular weight is 259 g/mol. The van der Waals surface area contributed by atoms with Gasteiger partial charge in [-0.2, -0.15) is 0 Å². The number of hydrogen-bond acceptors (Lipinski definition) is 2. The van der Waals surface area contributed by atoms with Gasteiger partial charge in [0.1, 0.15) is 5.58 Å². The number of hydrogen-bond donors (Lipinski definition) is 0. The standard InChI is InChI=1S/C17H25NO/c1-10(2)14-12-8-9-19-16(12)13(17(5,6)7)15(18-14)11(3)4/h8-11H,1-7H3. The Morgan fingerprint density at radius 1 is 1.00 bits per heavy atom. The molecule has 0 saturated heterocycles. The van der Waals surface area contributed by atoms with Crippen molar-refractivity contribution >= 4 is 11.0 Å². The van der Waals surface area contributed by atoms with Gasteiger partial charge in [0.25, 0.3) is 0 Å². The Balaban J connectivity index is 2.89. The molecule has 0 saturated carbocycles. The lowest BCUT2D eigenvalue weighted by Gasteiger charge is -2.25. The maximum absolute atomic E-state index is 5.82. The SMILES string of the molecule is CC(C)c1nc(C(C)C)c2ccoc2c1C(C)(C)C. The van der Waals surface area contributed by atoms with Gasteiger partial charge < -0.3 is 4.42 Å². The second-order valence-corrected chi connectivity index (χ2v) is 6.98. The highest BCUT2D eigenvalue weighted by Crippen LogP contribution is 2.38. The molecule has 0 fully saturated rings. The molecule has 0 unspecified atom stereocenters. The maximum atomic E-state index is 5.82. The molecule has 0 amide bonds. The molecule has 2 heteroatoms. The minimum absolute atomic E-state index is 0.0399. The van der Waals surface area contributed by atoms with Crippen LogP contribution in [0.1, 0.15) is 77.3 Å². The topological polar surface area (TPSA) is 26.0 Å². The Morgan fingerprint density at radius 3 is 2.05 bits per heavy atom. The van der Waals surface area contributed by atoms with Crippen LogP contribution in [0.5, 0.6) is 0 Å². The summed E-state index contributed by atoms with van der Waals surface area (Å²) < 4.78 is 5.82. The van der Waals surface area contributed by atoms with Crippen molar-refractivity contribution in [3.63, 3.8) is 0 Å². The van der Waals surface area contributed by atoms with Crippen molar-refractivity contribution in [3.05, 3.63) is 29.3 Å². The van der Waals surface area contributed by atoms with E-state index in [-0.39, 0.29) is 5.41 Å². The Labute approximate surface area is 116 Å². The fourth-order valence-corrected chi connectivity index (χ4v) is 2.65. The van der Waals surface area contributed by atoms with Gasteiger partial charge in [0, 0.05) is 10.9 Å². The van der Waals surface area contributed by atoms with E-state index in [0.29, 0.717) is 11.8 Å². The minimum Gasteiger partial charge on any atom is -0.464 e. The molecule has 0 atom stereocenters. The zero-order valence-electron chi connectivity index (χ0n) is 13.2. The Kier molecular flexibility index (Phi) is 3.46. The zero-order chi connectivity index (χ0) is 14.4. The molecule has 2 aromatic rings. The van der Waals surface area contributed by atoms with Crippen LogP contribution in [0.4, 0.5) is 0 Å². The minimum atomic E-state index is 0.0399. The van der Waals surface area contributed by atoms with Crippen LogP contribution in [0.3, 0.4) is 0 Å². The molecule has 2 nitrogen and oxygen atoms in total. The van der Waals surface area contributed by atoms with Crippen LogP contribution in [-0.2, 0) is 5.41 Å². The molecule has 2 rings (SSSR count). The summed E-state index contributed by atoms with van der Waals surface area (Å²) in [6.45, 7) is 15.5. The molecular formula is C17H25NO. The van der Waals surface area contributed by atoms with Crippen LogP contribution in [0.15, 0.2) is 16.7 Å². The van der Waals surface area contributed by atoms with Gasteiger partial charge in [-0.1, -0.05) is 48.5 Å². The third-order valence-electron chi connectivity index (χ3n) is 3.51. The van der Waals surface area contributed by atoms with Crippen molar-refractivity contribution in [3.8, 4) is 0 Å². The first-order valence-corrected chi connectivity index (χ1v) is 7.15. The summed E-state index contributed by atoms with van der Waals surface area (Å²) in [5.41, 5.74) is 4.65. The van der Waals surface area contributed by atoms with Crippen LogP contribution in [0.2, 0.25) is 0 Å². The lowest BCUT2D eigenvalue weighted by molar-refractivity contribution is 0.542. The predicted octanol–water partition coefficient (Wildman–Crippen LogP) is 5.37. The number of rotatable bonds is 2. The Morgan fingerprint density at radius 2 is 1.58 bits per heavy atom. The van der Waals surface area contributed by atoms with E-state index in [1.807, 2.05) is 0 Å². The molecule has 19 heavy (non-hydrogen) atoms. The first-order valence-electron chi connectivity index (χ1n) is 7.15. The number of nitrogens with zero attached hydrogens (tertiary/aromatic N) is 1. The van der Waals surface area contributed by atoms with E-state index in [0.717, 1.165) is 11.3 Å². The molecule has 0 radical (unpaired) electrons. The number of fused-ring (bicyclic) bond motifs is 1. The summed E-state index contributed by atoms with van der Waals surface area (Å²) in [4.78, 5) is 4.98. The van der Waals surface area contributed by atoms with Crippen molar-refractivity contribution in [2.24, 2.45) is 0 Å². The van der Waals surface area contributed by atoms with Crippen molar-refractivity contribution in [1.29, 1.82) is 0 Å². The smallest absolute Gasteiger partial charge is 0.141 e. The highest BCUT2D eigenvalue weighted by Gasteiger charge is 2.27. The number of furan rings is 1. The Bertz CT molecular complexity index is 585. The third kappa shape index (κ3) is 2.41. The van der Waals surface area contributed by atoms with Crippen molar-refractivity contribution in [1.82, 2.24) is 4.98 Å². The zero-order valence-corrected chi connectivity index (χ0v) is 13.2. The van der Waals surface area contributed by atoms with Gasteiger partial charge in [-0.15, -0.1) is 0 Å². The molecule has 0 aromatic carbocycles. The van der Waals surface area contributed by atoms with Gasteiger partial charge in [0.15, 0.2) is 0 Å². The van der Waals surface area contributed by atoms with E-state index >= 15 is 0 Å². The normalized spacial score (nSPS) is 12.9. The summed E-state index contributed by atoms with van der Waals surface area (Å²) >= 11 is 0. The molecule has 0 N–H and O–H groups in total. The molecule has 0 bridgehead atoms. The number of pyridine rings is 1. The molecule has 2 heterocycles. The monoisotopic (exact) mass is 259 g/mol. The lowest BCUT2D eigenvalue weighted by atomic mass is 9.81. The molecule has 0 spiro atoms. The first kappa shape index (κ1) is 14.1. The van der Waals surface area contributed by atoms with Crippen LogP contribution in [0.25, 0.3) is 11.0 Å². The predicted molar refractivity (Wildman–Crippen MR) is 80.9 cm³/mol. The largest absolute Gasteiger partial charge is 0.464 e. The van der Waals surface area contributed by atoms with Gasteiger partial charge in [-0.25, -0.2) is 0 Å². The summed E-state index contributed by atoms with van der Waals surface area (Å²) in [7, 11) is 0. The van der Waals surface area contributed by atoms with Crippen LogP contribution < -0.4 is 0 Å². The van der Waals surface area contributed by atoms with E-state index in [2.05, 4.69) is 54.5 Å². The van der Waals surface area contributed by atoms with E-state index in [4.69, 9.17) is 9.40 Å². The number of aromatic nitrogens is 1. The summed E-state index contributed by atoms with van der Waals surface area (Å²) in [5.74, 6) is 0.813. The first-order chi connectivity index (χ1) is 8.73. The van der Waals surface area contributed by atoms with Crippen LogP contribution >= 0.6 is 0 Å². The quantitative estimate of drug-likeness (QED) is 0.724. The van der Waals surface area contributed by atoms with Crippen molar-refractivity contribution < 1.29 is 4.42 Å². The van der Waals surface area contributed by atoms with Gasteiger partial charge in [0.05, 0.1) is 17.7 Å². The van der Waals surface area contributed by atoms with E-state index in [9.17, 15) is 0 Å². The molecule has 104 valence electrons. The fraction of sp³-hybridized carbons (Fsp3) is 0.588. The molecule has 0 aliphatic rings. The fourth-order valence-electron chi connectivity index (χ4n) is 2.65. The average Bonchev–Trinajstić information content (AvgIpc) is 2.72. The molecule has 2 aromatic heterocycles. The maximum Gasteiger partial charge on any atom is 0.141 e. The van der Waals surface area contributed by atoms with Gasteiger partial charge in [0.2, 0.25) is 0 Å². The van der Waals surface area contributed by atoms with Gasteiger partial charge in [-0.3, -0.25) is 4.98 Å². The van der Waals surface area contributed by atoms with Crippen LogP contribution in [-0.4, -0.2) is 4.98 Å². The summed E-state index contributed by atoms with van der Waals surface area (Å²) in [6.07, 6.45) is 1.79. The highest BCUT2D eigenvalue weighted by atomic mass is 16.3. The summed E-state index contributed by atoms with van der Waals surface area (Å²) in [6, 6.07) is 2.05. The van der Waals surface area contributed by atoms with Crippen molar-refractivity contribution in [2.45, 2.75) is 65.7 Å². The Hall–Kier alpha value is -1.31.